The summed E-state index contributed by atoms with van der Waals surface area (Å²) in [6, 6.07) is 3.34. The van der Waals surface area contributed by atoms with Crippen LogP contribution in [0.3, 0.4) is 0 Å². The van der Waals surface area contributed by atoms with Gasteiger partial charge in [0, 0.05) is 35.6 Å². The summed E-state index contributed by atoms with van der Waals surface area (Å²) >= 11 is 1.61. The van der Waals surface area contributed by atoms with Crippen molar-refractivity contribution in [1.82, 2.24) is 4.98 Å². The third-order valence-electron chi connectivity index (χ3n) is 3.22. The van der Waals surface area contributed by atoms with Crippen LogP contribution in [0.15, 0.2) is 17.3 Å². The molecule has 2 rings (SSSR count). The Labute approximate surface area is 128 Å². The third-order valence-corrected chi connectivity index (χ3v) is 5.86. The molecule has 1 atom stereocenters. The van der Waals surface area contributed by atoms with E-state index >= 15 is 0 Å². The summed E-state index contributed by atoms with van der Waals surface area (Å²) in [5.41, 5.74) is 6.81. The number of thioether (sulfide) groups is 1. The lowest BCUT2D eigenvalue weighted by Gasteiger charge is -2.35. The summed E-state index contributed by atoms with van der Waals surface area (Å²) in [7, 11) is -3.22. The summed E-state index contributed by atoms with van der Waals surface area (Å²) in [6.45, 7) is 2.38. The first kappa shape index (κ1) is 15.9. The smallest absolute Gasteiger partial charge is 0.170 e. The van der Waals surface area contributed by atoms with Crippen LogP contribution in [0.2, 0.25) is 0 Å². The predicted octanol–water partition coefficient (Wildman–Crippen LogP) is 0.408. The zero-order chi connectivity index (χ0) is 15.6. The van der Waals surface area contributed by atoms with Crippen molar-refractivity contribution >= 4 is 33.3 Å². The van der Waals surface area contributed by atoms with Crippen LogP contribution >= 0.6 is 11.8 Å². The summed E-state index contributed by atoms with van der Waals surface area (Å²) in [6.07, 6.45) is 1.23. The first-order chi connectivity index (χ1) is 9.82. The molecule has 0 bridgehead atoms. The number of oxime groups is 1. The minimum atomic E-state index is -3.22. The standard InChI is InChI=1S/C12H18N4O3S2/c1-8-5-9(12(13)15-17)6-10(14-8)16-3-4-20-7-11(16)21(2,18)19/h5-6,11,17H,3-4,7H2,1-2H3,(H2,13,15). The molecular formula is C12H18N4O3S2. The molecule has 0 aromatic carbocycles. The van der Waals surface area contributed by atoms with Crippen LogP contribution in [0.4, 0.5) is 5.82 Å². The molecule has 2 heterocycles. The number of nitrogens with two attached hydrogens (primary N) is 1. The molecule has 0 saturated carbocycles. The van der Waals surface area contributed by atoms with Gasteiger partial charge in [-0.25, -0.2) is 13.4 Å². The second kappa shape index (κ2) is 6.10. The molecule has 1 aliphatic heterocycles. The number of aromatic nitrogens is 1. The third kappa shape index (κ3) is 3.59. The second-order valence-electron chi connectivity index (χ2n) is 4.89. The summed E-state index contributed by atoms with van der Waals surface area (Å²) in [5, 5.41) is 11.2. The number of amidine groups is 1. The fourth-order valence-electron chi connectivity index (χ4n) is 2.20. The van der Waals surface area contributed by atoms with Gasteiger partial charge in [0.05, 0.1) is 0 Å². The Bertz CT molecular complexity index is 660. The number of nitrogens with zero attached hydrogens (tertiary/aromatic N) is 3. The van der Waals surface area contributed by atoms with E-state index in [2.05, 4.69) is 10.1 Å². The van der Waals surface area contributed by atoms with E-state index in [4.69, 9.17) is 10.9 Å². The minimum absolute atomic E-state index is 0.0240. The molecule has 0 amide bonds. The second-order valence-corrected chi connectivity index (χ2v) is 8.25. The van der Waals surface area contributed by atoms with Crippen LogP contribution in [0.1, 0.15) is 11.3 Å². The van der Waals surface area contributed by atoms with Crippen molar-refractivity contribution in [2.75, 3.05) is 29.2 Å². The van der Waals surface area contributed by atoms with E-state index in [1.807, 2.05) is 0 Å². The highest BCUT2D eigenvalue weighted by atomic mass is 32.2. The normalized spacial score (nSPS) is 20.6. The fraction of sp³-hybridized carbons (Fsp3) is 0.500. The maximum atomic E-state index is 12.0. The molecule has 3 N–H and O–H groups in total. The molecule has 21 heavy (non-hydrogen) atoms. The van der Waals surface area contributed by atoms with Crippen molar-refractivity contribution in [3.05, 3.63) is 23.4 Å². The maximum absolute atomic E-state index is 12.0. The van der Waals surface area contributed by atoms with Gasteiger partial charge in [0.25, 0.3) is 0 Å². The van der Waals surface area contributed by atoms with Gasteiger partial charge in [-0.1, -0.05) is 5.16 Å². The lowest BCUT2D eigenvalue weighted by Crippen LogP contribution is -2.47. The molecular weight excluding hydrogens is 312 g/mol. The lowest BCUT2D eigenvalue weighted by atomic mass is 10.2. The van der Waals surface area contributed by atoms with Crippen molar-refractivity contribution in [2.24, 2.45) is 10.9 Å². The van der Waals surface area contributed by atoms with Crippen molar-refractivity contribution in [1.29, 1.82) is 0 Å². The number of hydrogen-bond acceptors (Lipinski definition) is 7. The Morgan fingerprint density at radius 3 is 2.90 bits per heavy atom. The highest BCUT2D eigenvalue weighted by Crippen LogP contribution is 2.26. The number of aryl methyl sites for hydroxylation is 1. The van der Waals surface area contributed by atoms with Crippen LogP contribution in [-0.4, -0.2) is 54.1 Å². The molecule has 116 valence electrons. The summed E-state index contributed by atoms with van der Waals surface area (Å²) in [5.74, 6) is 1.85. The van der Waals surface area contributed by atoms with Gasteiger partial charge < -0.3 is 15.8 Å². The average molecular weight is 330 g/mol. The number of hydrogen-bond donors (Lipinski definition) is 2. The molecule has 1 aromatic heterocycles. The highest BCUT2D eigenvalue weighted by molar-refractivity contribution is 8.01. The van der Waals surface area contributed by atoms with Gasteiger partial charge in [-0.05, 0) is 19.1 Å². The van der Waals surface area contributed by atoms with Gasteiger partial charge in [-0.3, -0.25) is 0 Å². The molecule has 1 fully saturated rings. The van der Waals surface area contributed by atoms with E-state index in [0.29, 0.717) is 29.4 Å². The molecule has 0 spiro atoms. The van der Waals surface area contributed by atoms with Crippen LogP contribution < -0.4 is 10.6 Å². The molecule has 1 aliphatic rings. The molecule has 1 saturated heterocycles. The van der Waals surface area contributed by atoms with E-state index in [1.165, 1.54) is 6.26 Å². The van der Waals surface area contributed by atoms with E-state index in [-0.39, 0.29) is 5.84 Å². The van der Waals surface area contributed by atoms with Crippen LogP contribution in [-0.2, 0) is 9.84 Å². The van der Waals surface area contributed by atoms with Crippen LogP contribution in [0.5, 0.6) is 0 Å². The number of sulfone groups is 1. The van der Waals surface area contributed by atoms with Crippen molar-refractivity contribution in [2.45, 2.75) is 12.3 Å². The Morgan fingerprint density at radius 2 is 2.29 bits per heavy atom. The lowest BCUT2D eigenvalue weighted by molar-refractivity contribution is 0.318. The van der Waals surface area contributed by atoms with Gasteiger partial charge in [-0.2, -0.15) is 11.8 Å². The van der Waals surface area contributed by atoms with E-state index < -0.39 is 15.2 Å². The summed E-state index contributed by atoms with van der Waals surface area (Å²) < 4.78 is 23.9. The number of pyridine rings is 1. The Morgan fingerprint density at radius 1 is 1.57 bits per heavy atom. The molecule has 7 nitrogen and oxygen atoms in total. The molecule has 0 radical (unpaired) electrons. The zero-order valence-electron chi connectivity index (χ0n) is 11.9. The van der Waals surface area contributed by atoms with Gasteiger partial charge in [0.15, 0.2) is 15.7 Å². The van der Waals surface area contributed by atoms with Crippen molar-refractivity contribution in [3.8, 4) is 0 Å². The Kier molecular flexibility index (Phi) is 4.62. The van der Waals surface area contributed by atoms with Crippen molar-refractivity contribution in [3.63, 3.8) is 0 Å². The zero-order valence-corrected chi connectivity index (χ0v) is 13.5. The number of anilines is 1. The van der Waals surface area contributed by atoms with Crippen LogP contribution in [0.25, 0.3) is 0 Å². The topological polar surface area (TPSA) is 109 Å². The molecule has 0 aliphatic carbocycles. The Balaban J connectivity index is 2.46. The van der Waals surface area contributed by atoms with Gasteiger partial charge >= 0.3 is 0 Å². The van der Waals surface area contributed by atoms with Gasteiger partial charge in [0.1, 0.15) is 11.2 Å². The van der Waals surface area contributed by atoms with Gasteiger partial charge in [-0.15, -0.1) is 0 Å². The van der Waals surface area contributed by atoms with Crippen molar-refractivity contribution < 1.29 is 13.6 Å². The monoisotopic (exact) mass is 330 g/mol. The van der Waals surface area contributed by atoms with E-state index in [9.17, 15) is 8.42 Å². The summed E-state index contributed by atoms with van der Waals surface area (Å²) in [4.78, 5) is 6.17. The average Bonchev–Trinajstić information content (AvgIpc) is 2.45. The Hall–Kier alpha value is -1.48. The van der Waals surface area contributed by atoms with Crippen LogP contribution in [0, 0.1) is 6.92 Å². The molecule has 9 heteroatoms. The predicted molar refractivity (Wildman–Crippen MR) is 84.8 cm³/mol. The van der Waals surface area contributed by atoms with Gasteiger partial charge in [0.2, 0.25) is 0 Å². The SMILES string of the molecule is Cc1cc(/C(N)=N/O)cc(N2CCSCC2S(C)(=O)=O)n1. The quantitative estimate of drug-likeness (QED) is 0.357. The highest BCUT2D eigenvalue weighted by Gasteiger charge is 2.32. The number of rotatable bonds is 3. The minimum Gasteiger partial charge on any atom is -0.409 e. The largest absolute Gasteiger partial charge is 0.409 e. The molecule has 1 unspecified atom stereocenters. The first-order valence-corrected chi connectivity index (χ1v) is 9.43. The first-order valence-electron chi connectivity index (χ1n) is 6.33. The maximum Gasteiger partial charge on any atom is 0.170 e. The van der Waals surface area contributed by atoms with E-state index in [1.54, 1.807) is 35.7 Å². The molecule has 1 aromatic rings. The fourth-order valence-corrected chi connectivity index (χ4v) is 5.03. The van der Waals surface area contributed by atoms with E-state index in [0.717, 1.165) is 5.75 Å².